The number of aliphatic carboxylic acids is 1. The van der Waals surface area contributed by atoms with Crippen molar-refractivity contribution in [3.63, 3.8) is 0 Å². The first-order valence-electron chi connectivity index (χ1n) is 7.81. The summed E-state index contributed by atoms with van der Waals surface area (Å²) in [5.74, 6) is 3.50. The number of carbonyl (C=O) groups is 1. The monoisotopic (exact) mass is 322 g/mol. The first-order chi connectivity index (χ1) is 10.7. The Balaban J connectivity index is 1.78. The number of carboxylic acid groups (broad SMARTS) is 1. The fraction of sp³-hybridized carbons (Fsp3) is 0.588. The molecule has 1 saturated heterocycles. The summed E-state index contributed by atoms with van der Waals surface area (Å²) in [6, 6.07) is 5.91. The van der Waals surface area contributed by atoms with Crippen LogP contribution in [0.3, 0.4) is 0 Å². The summed E-state index contributed by atoms with van der Waals surface area (Å²) < 4.78 is 11.5. The highest BCUT2D eigenvalue weighted by Crippen LogP contribution is 2.46. The predicted molar refractivity (Wildman–Crippen MR) is 87.1 cm³/mol. The quantitative estimate of drug-likeness (QED) is 0.832. The highest BCUT2D eigenvalue weighted by molar-refractivity contribution is 7.99. The second-order valence-corrected chi connectivity index (χ2v) is 7.21. The molecule has 0 amide bonds. The molecule has 2 unspecified atom stereocenters. The van der Waals surface area contributed by atoms with E-state index in [1.54, 1.807) is 7.11 Å². The predicted octanol–water partition coefficient (Wildman–Crippen LogP) is 3.55. The van der Waals surface area contributed by atoms with Crippen LogP contribution in [-0.4, -0.2) is 35.8 Å². The van der Waals surface area contributed by atoms with Gasteiger partial charge in [-0.3, -0.25) is 4.79 Å². The highest BCUT2D eigenvalue weighted by Gasteiger charge is 2.34. The van der Waals surface area contributed by atoms with Crippen molar-refractivity contribution in [1.82, 2.24) is 0 Å². The van der Waals surface area contributed by atoms with Gasteiger partial charge in [-0.15, -0.1) is 0 Å². The Morgan fingerprint density at radius 1 is 1.36 bits per heavy atom. The number of carboxylic acids is 1. The highest BCUT2D eigenvalue weighted by atomic mass is 32.2. The van der Waals surface area contributed by atoms with E-state index >= 15 is 0 Å². The van der Waals surface area contributed by atoms with E-state index in [0.29, 0.717) is 11.7 Å². The van der Waals surface area contributed by atoms with Crippen LogP contribution in [0.5, 0.6) is 11.5 Å². The number of thioether (sulfide) groups is 1. The van der Waals surface area contributed by atoms with E-state index in [4.69, 9.17) is 14.6 Å². The number of methoxy groups -OCH3 is 1. The maximum atomic E-state index is 11.1. The van der Waals surface area contributed by atoms with Crippen LogP contribution in [0.25, 0.3) is 0 Å². The van der Waals surface area contributed by atoms with Gasteiger partial charge in [0.2, 0.25) is 0 Å². The molecule has 1 aromatic rings. The third-order valence-electron chi connectivity index (χ3n) is 4.38. The number of rotatable bonds is 7. The third kappa shape index (κ3) is 3.69. The lowest BCUT2D eigenvalue weighted by atomic mass is 9.91. The largest absolute Gasteiger partial charge is 0.493 e. The van der Waals surface area contributed by atoms with Gasteiger partial charge in [0.1, 0.15) is 6.10 Å². The molecule has 3 rings (SSSR count). The zero-order valence-electron chi connectivity index (χ0n) is 12.8. The van der Waals surface area contributed by atoms with Gasteiger partial charge in [-0.25, -0.2) is 0 Å². The van der Waals surface area contributed by atoms with E-state index in [1.807, 2.05) is 30.0 Å². The Morgan fingerprint density at radius 2 is 2.18 bits per heavy atom. The van der Waals surface area contributed by atoms with Gasteiger partial charge in [0.05, 0.1) is 13.5 Å². The van der Waals surface area contributed by atoms with Crippen LogP contribution < -0.4 is 9.47 Å². The first kappa shape index (κ1) is 15.5. The smallest absolute Gasteiger partial charge is 0.303 e. The Kier molecular flexibility index (Phi) is 4.81. The van der Waals surface area contributed by atoms with Crippen LogP contribution in [0, 0.1) is 5.92 Å². The van der Waals surface area contributed by atoms with Crippen molar-refractivity contribution in [2.24, 2.45) is 5.92 Å². The molecule has 1 aliphatic carbocycles. The lowest BCUT2D eigenvalue weighted by Crippen LogP contribution is -2.15. The first-order valence-corrected chi connectivity index (χ1v) is 8.97. The molecule has 0 bridgehead atoms. The number of hydrogen-bond donors (Lipinski definition) is 1. The van der Waals surface area contributed by atoms with Crippen LogP contribution in [0.4, 0.5) is 0 Å². The average molecular weight is 322 g/mol. The molecule has 2 aliphatic rings. The summed E-state index contributed by atoms with van der Waals surface area (Å²) in [7, 11) is 1.64. The van der Waals surface area contributed by atoms with Crippen LogP contribution >= 0.6 is 11.8 Å². The molecular weight excluding hydrogens is 300 g/mol. The molecule has 1 heterocycles. The lowest BCUT2D eigenvalue weighted by molar-refractivity contribution is -0.137. The van der Waals surface area contributed by atoms with Gasteiger partial charge < -0.3 is 14.6 Å². The second kappa shape index (κ2) is 6.82. The zero-order valence-corrected chi connectivity index (χ0v) is 13.6. The molecule has 120 valence electrons. The Bertz CT molecular complexity index is 535. The molecule has 2 atom stereocenters. The maximum absolute atomic E-state index is 11.1. The number of hydrogen-bond acceptors (Lipinski definition) is 4. The van der Waals surface area contributed by atoms with E-state index in [1.165, 1.54) is 0 Å². The van der Waals surface area contributed by atoms with Crippen molar-refractivity contribution in [1.29, 1.82) is 0 Å². The molecule has 5 heteroatoms. The minimum atomic E-state index is -0.737. The maximum Gasteiger partial charge on any atom is 0.303 e. The molecular formula is C17H22O4S. The Labute approximate surface area is 135 Å². The summed E-state index contributed by atoms with van der Waals surface area (Å²) in [5.41, 5.74) is 1.05. The van der Waals surface area contributed by atoms with Crippen molar-refractivity contribution in [2.75, 3.05) is 18.6 Å². The van der Waals surface area contributed by atoms with Gasteiger partial charge in [-0.2, -0.15) is 11.8 Å². The van der Waals surface area contributed by atoms with E-state index in [0.717, 1.165) is 42.1 Å². The Morgan fingerprint density at radius 3 is 2.77 bits per heavy atom. The van der Waals surface area contributed by atoms with Crippen molar-refractivity contribution >= 4 is 17.7 Å². The number of ether oxygens (including phenoxy) is 2. The van der Waals surface area contributed by atoms with E-state index in [-0.39, 0.29) is 18.4 Å². The van der Waals surface area contributed by atoms with Crippen molar-refractivity contribution in [3.8, 4) is 11.5 Å². The minimum absolute atomic E-state index is 0.0856. The summed E-state index contributed by atoms with van der Waals surface area (Å²) in [5, 5.41) is 9.13. The van der Waals surface area contributed by atoms with Crippen molar-refractivity contribution in [3.05, 3.63) is 23.8 Å². The molecule has 1 aliphatic heterocycles. The van der Waals surface area contributed by atoms with Gasteiger partial charge >= 0.3 is 5.97 Å². The topological polar surface area (TPSA) is 55.8 Å². The summed E-state index contributed by atoms with van der Waals surface area (Å²) in [4.78, 5) is 11.1. The van der Waals surface area contributed by atoms with Gasteiger partial charge in [-0.1, -0.05) is 6.07 Å². The van der Waals surface area contributed by atoms with Gasteiger partial charge in [-0.05, 0) is 54.5 Å². The van der Waals surface area contributed by atoms with Gasteiger partial charge in [0.25, 0.3) is 0 Å². The summed E-state index contributed by atoms with van der Waals surface area (Å²) in [6.45, 7) is 0. The van der Waals surface area contributed by atoms with Gasteiger partial charge in [0.15, 0.2) is 11.5 Å². The molecule has 4 nitrogen and oxygen atoms in total. The van der Waals surface area contributed by atoms with E-state index < -0.39 is 5.97 Å². The van der Waals surface area contributed by atoms with Crippen molar-refractivity contribution in [2.45, 2.75) is 37.7 Å². The zero-order chi connectivity index (χ0) is 15.5. The van der Waals surface area contributed by atoms with E-state index in [9.17, 15) is 4.79 Å². The Hall–Kier alpha value is -1.36. The molecule has 0 aromatic heterocycles. The van der Waals surface area contributed by atoms with E-state index in [2.05, 4.69) is 0 Å². The fourth-order valence-corrected chi connectivity index (χ4v) is 4.13. The second-order valence-electron chi connectivity index (χ2n) is 6.06. The SMILES string of the molecule is COc1cc(C(CC(=O)O)C2CC2)ccc1OC1CCSC1. The lowest BCUT2D eigenvalue weighted by Gasteiger charge is -2.19. The molecule has 1 N–H and O–H groups in total. The molecule has 2 fully saturated rings. The standard InChI is InChI=1S/C17H22O4S/c1-20-16-8-12(14(9-17(18)19)11-2-3-11)4-5-15(16)21-13-6-7-22-10-13/h4-5,8,11,13-14H,2-3,6-7,9-10H2,1H3,(H,18,19). The number of benzene rings is 1. The van der Waals surface area contributed by atoms with Crippen LogP contribution in [-0.2, 0) is 4.79 Å². The molecule has 0 spiro atoms. The van der Waals surface area contributed by atoms with Crippen LogP contribution in [0.2, 0.25) is 0 Å². The average Bonchev–Trinajstić information content (AvgIpc) is 3.22. The summed E-state index contributed by atoms with van der Waals surface area (Å²) >= 11 is 1.91. The summed E-state index contributed by atoms with van der Waals surface area (Å²) in [6.07, 6.45) is 3.75. The molecule has 1 aromatic carbocycles. The van der Waals surface area contributed by atoms with Gasteiger partial charge in [0, 0.05) is 5.75 Å². The molecule has 0 radical (unpaired) electrons. The molecule has 1 saturated carbocycles. The third-order valence-corrected chi connectivity index (χ3v) is 5.51. The van der Waals surface area contributed by atoms with Crippen LogP contribution in [0.1, 0.15) is 37.2 Å². The van der Waals surface area contributed by atoms with Crippen LogP contribution in [0.15, 0.2) is 18.2 Å². The van der Waals surface area contributed by atoms with Crippen molar-refractivity contribution < 1.29 is 19.4 Å². The minimum Gasteiger partial charge on any atom is -0.493 e. The fourth-order valence-electron chi connectivity index (χ4n) is 3.04. The normalized spacial score (nSPS) is 22.3. The molecule has 22 heavy (non-hydrogen) atoms.